The van der Waals surface area contributed by atoms with E-state index in [1.807, 2.05) is 31.2 Å². The van der Waals surface area contributed by atoms with Crippen molar-refractivity contribution in [2.45, 2.75) is 6.92 Å². The minimum Gasteiger partial charge on any atom is -0.492 e. The van der Waals surface area contributed by atoms with Crippen molar-refractivity contribution in [1.29, 1.82) is 0 Å². The first kappa shape index (κ1) is 14.7. The van der Waals surface area contributed by atoms with Gasteiger partial charge in [0.15, 0.2) is 0 Å². The zero-order chi connectivity index (χ0) is 15.2. The average Bonchev–Trinajstić information content (AvgIpc) is 2.42. The van der Waals surface area contributed by atoms with Crippen LogP contribution in [0.2, 0.25) is 0 Å². The molecule has 0 fully saturated rings. The zero-order valence-electron chi connectivity index (χ0n) is 11.9. The minimum atomic E-state index is -0.221. The molecule has 0 aliphatic carbocycles. The van der Waals surface area contributed by atoms with E-state index in [2.05, 4.69) is 5.32 Å². The van der Waals surface area contributed by atoms with Gasteiger partial charge in [0.05, 0.1) is 6.54 Å². The molecule has 5 N–H and O–H groups in total. The van der Waals surface area contributed by atoms with E-state index in [1.165, 1.54) is 0 Å². The summed E-state index contributed by atoms with van der Waals surface area (Å²) in [4.78, 5) is 11.9. The summed E-state index contributed by atoms with van der Waals surface area (Å²) in [5.41, 5.74) is 13.8. The van der Waals surface area contributed by atoms with Crippen LogP contribution in [0, 0.1) is 6.92 Å². The molecule has 2 aromatic rings. The highest BCUT2D eigenvalue weighted by atomic mass is 16.5. The molecule has 0 aliphatic rings. The van der Waals surface area contributed by atoms with Crippen LogP contribution in [0.1, 0.15) is 15.9 Å². The van der Waals surface area contributed by atoms with Crippen LogP contribution in [-0.4, -0.2) is 19.1 Å². The van der Waals surface area contributed by atoms with Crippen LogP contribution >= 0.6 is 0 Å². The quantitative estimate of drug-likeness (QED) is 0.578. The molecule has 21 heavy (non-hydrogen) atoms. The summed E-state index contributed by atoms with van der Waals surface area (Å²) in [6.45, 7) is 2.80. The Morgan fingerprint density at radius 1 is 1.14 bits per heavy atom. The van der Waals surface area contributed by atoms with Crippen LogP contribution < -0.4 is 21.5 Å². The van der Waals surface area contributed by atoms with Crippen molar-refractivity contribution in [1.82, 2.24) is 5.32 Å². The van der Waals surface area contributed by atoms with Crippen LogP contribution in [0.4, 0.5) is 11.4 Å². The van der Waals surface area contributed by atoms with Gasteiger partial charge in [0.25, 0.3) is 5.91 Å². The molecule has 0 bridgehead atoms. The Morgan fingerprint density at radius 3 is 2.52 bits per heavy atom. The van der Waals surface area contributed by atoms with E-state index in [1.54, 1.807) is 18.2 Å². The number of hydrogen-bond donors (Lipinski definition) is 3. The molecule has 0 atom stereocenters. The number of hydrogen-bond acceptors (Lipinski definition) is 4. The van der Waals surface area contributed by atoms with Crippen molar-refractivity contribution < 1.29 is 9.53 Å². The summed E-state index contributed by atoms with van der Waals surface area (Å²) in [6, 6.07) is 12.5. The van der Waals surface area contributed by atoms with Crippen LogP contribution in [0.15, 0.2) is 42.5 Å². The number of aryl methyl sites for hydroxylation is 1. The molecular formula is C16H19N3O2. The van der Waals surface area contributed by atoms with E-state index < -0.39 is 0 Å². The van der Waals surface area contributed by atoms with Gasteiger partial charge in [-0.1, -0.05) is 12.1 Å². The summed E-state index contributed by atoms with van der Waals surface area (Å²) < 4.78 is 5.56. The fraction of sp³-hybridized carbons (Fsp3) is 0.188. The maximum atomic E-state index is 11.9. The summed E-state index contributed by atoms with van der Waals surface area (Å²) in [6.07, 6.45) is 0. The Morgan fingerprint density at radius 2 is 1.86 bits per heavy atom. The smallest absolute Gasteiger partial charge is 0.251 e. The van der Waals surface area contributed by atoms with E-state index in [0.29, 0.717) is 30.1 Å². The van der Waals surface area contributed by atoms with Gasteiger partial charge in [-0.15, -0.1) is 0 Å². The van der Waals surface area contributed by atoms with Crippen molar-refractivity contribution in [3.63, 3.8) is 0 Å². The third-order valence-electron chi connectivity index (χ3n) is 2.89. The molecule has 2 aromatic carbocycles. The van der Waals surface area contributed by atoms with Crippen molar-refractivity contribution in [3.05, 3.63) is 53.6 Å². The van der Waals surface area contributed by atoms with Gasteiger partial charge in [0.1, 0.15) is 12.4 Å². The molecule has 0 saturated carbocycles. The molecule has 2 rings (SSSR count). The molecule has 1 amide bonds. The van der Waals surface area contributed by atoms with Crippen molar-refractivity contribution >= 4 is 17.3 Å². The largest absolute Gasteiger partial charge is 0.492 e. The molecule has 0 aromatic heterocycles. The van der Waals surface area contributed by atoms with Gasteiger partial charge >= 0.3 is 0 Å². The second-order valence-corrected chi connectivity index (χ2v) is 4.81. The lowest BCUT2D eigenvalue weighted by atomic mass is 10.1. The van der Waals surface area contributed by atoms with Crippen LogP contribution in [0.25, 0.3) is 0 Å². The number of nitrogen functional groups attached to an aromatic ring is 2. The number of nitrogens with two attached hydrogens (primary N) is 2. The zero-order valence-corrected chi connectivity index (χ0v) is 11.9. The molecule has 0 aliphatic heterocycles. The van der Waals surface area contributed by atoms with E-state index in [-0.39, 0.29) is 5.91 Å². The fourth-order valence-electron chi connectivity index (χ4n) is 1.95. The number of carbonyl (C=O) groups is 1. The van der Waals surface area contributed by atoms with E-state index in [0.717, 1.165) is 11.3 Å². The summed E-state index contributed by atoms with van der Waals surface area (Å²) in [7, 11) is 0. The topological polar surface area (TPSA) is 90.4 Å². The number of carbonyl (C=O) groups excluding carboxylic acids is 1. The third kappa shape index (κ3) is 4.42. The molecule has 5 heteroatoms. The standard InChI is InChI=1S/C16H19N3O2/c1-11-3-2-4-15(7-11)21-6-5-19-16(20)12-8-13(17)10-14(18)9-12/h2-4,7-10H,5-6,17-18H2,1H3,(H,19,20). The lowest BCUT2D eigenvalue weighted by Crippen LogP contribution is -2.28. The summed E-state index contributed by atoms with van der Waals surface area (Å²) in [5.74, 6) is 0.569. The summed E-state index contributed by atoms with van der Waals surface area (Å²) >= 11 is 0. The SMILES string of the molecule is Cc1cccc(OCCNC(=O)c2cc(N)cc(N)c2)c1. The van der Waals surface area contributed by atoms with Gasteiger partial charge in [-0.2, -0.15) is 0 Å². The normalized spacial score (nSPS) is 10.1. The first-order chi connectivity index (χ1) is 10.0. The highest BCUT2D eigenvalue weighted by Crippen LogP contribution is 2.14. The first-order valence-corrected chi connectivity index (χ1v) is 6.68. The van der Waals surface area contributed by atoms with E-state index in [4.69, 9.17) is 16.2 Å². The molecular weight excluding hydrogens is 266 g/mol. The Kier molecular flexibility index (Phi) is 4.66. The predicted octanol–water partition coefficient (Wildman–Crippen LogP) is 1.97. The van der Waals surface area contributed by atoms with Gasteiger partial charge < -0.3 is 21.5 Å². The van der Waals surface area contributed by atoms with Crippen molar-refractivity contribution in [3.8, 4) is 5.75 Å². The number of benzene rings is 2. The Hall–Kier alpha value is -2.69. The van der Waals surface area contributed by atoms with Gasteiger partial charge in [0.2, 0.25) is 0 Å². The minimum absolute atomic E-state index is 0.221. The van der Waals surface area contributed by atoms with Gasteiger partial charge in [0, 0.05) is 16.9 Å². The van der Waals surface area contributed by atoms with E-state index >= 15 is 0 Å². The van der Waals surface area contributed by atoms with Crippen molar-refractivity contribution in [2.24, 2.45) is 0 Å². The molecule has 0 unspecified atom stereocenters. The molecule has 0 heterocycles. The van der Waals surface area contributed by atoms with Gasteiger partial charge in [-0.25, -0.2) is 0 Å². The second-order valence-electron chi connectivity index (χ2n) is 4.81. The molecule has 0 spiro atoms. The average molecular weight is 285 g/mol. The third-order valence-corrected chi connectivity index (χ3v) is 2.89. The lowest BCUT2D eigenvalue weighted by Gasteiger charge is -2.09. The number of amides is 1. The van der Waals surface area contributed by atoms with E-state index in [9.17, 15) is 4.79 Å². The van der Waals surface area contributed by atoms with Crippen LogP contribution in [-0.2, 0) is 0 Å². The molecule has 0 saturated heterocycles. The number of rotatable bonds is 5. The van der Waals surface area contributed by atoms with Gasteiger partial charge in [-0.05, 0) is 42.8 Å². The number of anilines is 2. The highest BCUT2D eigenvalue weighted by Gasteiger charge is 2.06. The highest BCUT2D eigenvalue weighted by molar-refractivity contribution is 5.96. The summed E-state index contributed by atoms with van der Waals surface area (Å²) in [5, 5.41) is 2.76. The number of ether oxygens (including phenoxy) is 1. The lowest BCUT2D eigenvalue weighted by molar-refractivity contribution is 0.0947. The van der Waals surface area contributed by atoms with Crippen LogP contribution in [0.3, 0.4) is 0 Å². The Balaban J connectivity index is 1.82. The monoisotopic (exact) mass is 285 g/mol. The number of nitrogens with one attached hydrogen (secondary N) is 1. The maximum absolute atomic E-state index is 11.9. The molecule has 5 nitrogen and oxygen atoms in total. The Bertz CT molecular complexity index is 621. The molecule has 110 valence electrons. The predicted molar refractivity (Wildman–Crippen MR) is 84.3 cm³/mol. The Labute approximate surface area is 123 Å². The van der Waals surface area contributed by atoms with Crippen LogP contribution in [0.5, 0.6) is 5.75 Å². The second kappa shape index (κ2) is 6.65. The van der Waals surface area contributed by atoms with Gasteiger partial charge in [-0.3, -0.25) is 4.79 Å². The first-order valence-electron chi connectivity index (χ1n) is 6.68. The fourth-order valence-corrected chi connectivity index (χ4v) is 1.95. The van der Waals surface area contributed by atoms with Crippen molar-refractivity contribution in [2.75, 3.05) is 24.6 Å². The molecule has 0 radical (unpaired) electrons. The maximum Gasteiger partial charge on any atom is 0.251 e.